The molecule has 0 radical (unpaired) electrons. The molecule has 0 saturated heterocycles. The first-order valence-electron chi connectivity index (χ1n) is 9.55. The van der Waals surface area contributed by atoms with Crippen LogP contribution in [0.25, 0.3) is 5.65 Å². The van der Waals surface area contributed by atoms with E-state index in [1.807, 2.05) is 0 Å². The fraction of sp³-hybridized carbons (Fsp3) is 0.0870. The van der Waals surface area contributed by atoms with Crippen molar-refractivity contribution in [2.75, 3.05) is 11.9 Å². The fourth-order valence-corrected chi connectivity index (χ4v) is 3.16. The van der Waals surface area contributed by atoms with Crippen molar-refractivity contribution in [1.82, 2.24) is 9.38 Å². The summed E-state index contributed by atoms with van der Waals surface area (Å²) in [5.41, 5.74) is 1.34. The molecule has 4 aromatic rings. The largest absolute Gasteiger partial charge is 0.487 e. The van der Waals surface area contributed by atoms with Gasteiger partial charge in [-0.15, -0.1) is 0 Å². The van der Waals surface area contributed by atoms with Crippen molar-refractivity contribution in [3.63, 3.8) is 0 Å². The van der Waals surface area contributed by atoms with Crippen LogP contribution in [0.4, 0.5) is 5.69 Å². The highest BCUT2D eigenvalue weighted by molar-refractivity contribution is 6.30. The van der Waals surface area contributed by atoms with E-state index in [-0.39, 0.29) is 24.7 Å². The number of fused-ring (bicyclic) bond motifs is 1. The highest BCUT2D eigenvalue weighted by Gasteiger charge is 2.06. The van der Waals surface area contributed by atoms with Crippen molar-refractivity contribution in [2.45, 2.75) is 6.61 Å². The number of carbonyl (C=O) groups is 1. The first kappa shape index (κ1) is 21.7. The number of ether oxygens (including phenoxy) is 2. The zero-order valence-corrected chi connectivity index (χ0v) is 18.1. The van der Waals surface area contributed by atoms with Crippen LogP contribution < -0.4 is 20.3 Å². The summed E-state index contributed by atoms with van der Waals surface area (Å²) < 4.78 is 12.5. The Morgan fingerprint density at radius 3 is 2.31 bits per heavy atom. The second-order valence-corrected chi connectivity index (χ2v) is 7.64. The van der Waals surface area contributed by atoms with Crippen molar-refractivity contribution < 1.29 is 14.3 Å². The lowest BCUT2D eigenvalue weighted by molar-refractivity contribution is -0.118. The molecule has 2 aromatic carbocycles. The summed E-state index contributed by atoms with van der Waals surface area (Å²) in [5.74, 6) is 0.825. The summed E-state index contributed by atoms with van der Waals surface area (Å²) in [5, 5.41) is 3.79. The Labute approximate surface area is 193 Å². The van der Waals surface area contributed by atoms with E-state index in [1.165, 1.54) is 16.7 Å². The van der Waals surface area contributed by atoms with Crippen molar-refractivity contribution in [3.8, 4) is 11.5 Å². The SMILES string of the molecule is O=C(COc1ccc(Cl)cc1)Nc1ccc(OCc2cc(=O)n3cc(Cl)ccc3n2)cc1. The minimum absolute atomic E-state index is 0.120. The number of amides is 1. The zero-order chi connectivity index (χ0) is 22.5. The quantitative estimate of drug-likeness (QED) is 0.427. The molecule has 0 unspecified atom stereocenters. The van der Waals surface area contributed by atoms with E-state index in [0.717, 1.165) is 0 Å². The molecule has 4 rings (SSSR count). The molecule has 0 bridgehead atoms. The molecule has 0 spiro atoms. The van der Waals surface area contributed by atoms with Gasteiger partial charge in [0.15, 0.2) is 6.61 Å². The summed E-state index contributed by atoms with van der Waals surface area (Å²) in [6, 6.07) is 18.3. The van der Waals surface area contributed by atoms with E-state index in [9.17, 15) is 9.59 Å². The van der Waals surface area contributed by atoms with Gasteiger partial charge in [0.2, 0.25) is 0 Å². The van der Waals surface area contributed by atoms with Crippen LogP contribution in [-0.2, 0) is 11.4 Å². The van der Waals surface area contributed by atoms with Crippen LogP contribution in [0.15, 0.2) is 77.7 Å². The number of pyridine rings is 1. The minimum atomic E-state index is -0.297. The van der Waals surface area contributed by atoms with E-state index in [0.29, 0.717) is 38.6 Å². The van der Waals surface area contributed by atoms with E-state index < -0.39 is 0 Å². The Hall–Kier alpha value is -3.55. The number of benzene rings is 2. The molecule has 1 N–H and O–H groups in total. The van der Waals surface area contributed by atoms with Crippen LogP contribution >= 0.6 is 23.2 Å². The first-order chi connectivity index (χ1) is 15.5. The average molecular weight is 470 g/mol. The number of carbonyl (C=O) groups excluding carboxylic acids is 1. The van der Waals surface area contributed by atoms with E-state index in [2.05, 4.69) is 10.3 Å². The Kier molecular flexibility index (Phi) is 6.58. The lowest BCUT2D eigenvalue weighted by Crippen LogP contribution is -2.20. The lowest BCUT2D eigenvalue weighted by atomic mass is 10.3. The number of hydrogen-bond acceptors (Lipinski definition) is 5. The van der Waals surface area contributed by atoms with Crippen LogP contribution in [0.5, 0.6) is 11.5 Å². The van der Waals surface area contributed by atoms with Gasteiger partial charge in [-0.1, -0.05) is 23.2 Å². The number of halogens is 2. The van der Waals surface area contributed by atoms with Crippen molar-refractivity contribution in [1.29, 1.82) is 0 Å². The summed E-state index contributed by atoms with van der Waals surface area (Å²) in [6.07, 6.45) is 1.52. The van der Waals surface area contributed by atoms with Crippen LogP contribution in [0.3, 0.4) is 0 Å². The van der Waals surface area contributed by atoms with Crippen molar-refractivity contribution in [2.24, 2.45) is 0 Å². The molecule has 0 aliphatic heterocycles. The maximum absolute atomic E-state index is 12.2. The molecule has 9 heteroatoms. The normalized spacial score (nSPS) is 10.7. The molecule has 1 amide bonds. The molecule has 0 atom stereocenters. The second kappa shape index (κ2) is 9.72. The Morgan fingerprint density at radius 2 is 1.56 bits per heavy atom. The van der Waals surface area contributed by atoms with Gasteiger partial charge in [-0.05, 0) is 60.7 Å². The Morgan fingerprint density at radius 1 is 0.906 bits per heavy atom. The van der Waals surface area contributed by atoms with Gasteiger partial charge in [0.25, 0.3) is 11.5 Å². The average Bonchev–Trinajstić information content (AvgIpc) is 2.79. The van der Waals surface area contributed by atoms with Crippen LogP contribution in [0.1, 0.15) is 5.69 Å². The van der Waals surface area contributed by atoms with Gasteiger partial charge in [0, 0.05) is 23.0 Å². The van der Waals surface area contributed by atoms with Crippen molar-refractivity contribution >= 4 is 40.4 Å². The number of nitrogens with one attached hydrogen (secondary N) is 1. The molecule has 0 fully saturated rings. The van der Waals surface area contributed by atoms with Crippen LogP contribution in [0, 0.1) is 0 Å². The molecule has 7 nitrogen and oxygen atoms in total. The van der Waals surface area contributed by atoms with E-state index >= 15 is 0 Å². The van der Waals surface area contributed by atoms with Crippen LogP contribution in [-0.4, -0.2) is 21.9 Å². The molecule has 2 aromatic heterocycles. The van der Waals surface area contributed by atoms with Gasteiger partial charge < -0.3 is 14.8 Å². The standard InChI is InChI=1S/C23H17Cl2N3O4/c24-15-1-6-19(7-2-15)32-14-22(29)27-17-4-8-20(9-5-17)31-13-18-11-23(30)28-12-16(25)3-10-21(28)26-18/h1-12H,13-14H2,(H,27,29). The van der Waals surface area contributed by atoms with Gasteiger partial charge in [-0.2, -0.15) is 0 Å². The summed E-state index contributed by atoms with van der Waals surface area (Å²) in [7, 11) is 0. The van der Waals surface area contributed by atoms with E-state index in [4.69, 9.17) is 32.7 Å². The summed E-state index contributed by atoms with van der Waals surface area (Å²) in [4.78, 5) is 28.7. The Balaban J connectivity index is 1.31. The highest BCUT2D eigenvalue weighted by atomic mass is 35.5. The molecular formula is C23H17Cl2N3O4. The summed E-state index contributed by atoms with van der Waals surface area (Å²) in [6.45, 7) is -0.0106. The van der Waals surface area contributed by atoms with Crippen molar-refractivity contribution in [3.05, 3.63) is 99.0 Å². The molecule has 0 saturated carbocycles. The molecule has 162 valence electrons. The van der Waals surface area contributed by atoms with Gasteiger partial charge in [0.05, 0.1) is 10.7 Å². The number of nitrogens with zero attached hydrogens (tertiary/aromatic N) is 2. The fourth-order valence-electron chi connectivity index (χ4n) is 2.87. The van der Waals surface area contributed by atoms with Gasteiger partial charge in [-0.3, -0.25) is 14.0 Å². The smallest absolute Gasteiger partial charge is 0.262 e. The number of rotatable bonds is 7. The minimum Gasteiger partial charge on any atom is -0.487 e. The maximum Gasteiger partial charge on any atom is 0.262 e. The predicted octanol–water partition coefficient (Wildman–Crippen LogP) is 4.60. The monoisotopic (exact) mass is 469 g/mol. The number of aromatic nitrogens is 2. The number of anilines is 1. The van der Waals surface area contributed by atoms with E-state index in [1.54, 1.807) is 60.7 Å². The van der Waals surface area contributed by atoms with Gasteiger partial charge >= 0.3 is 0 Å². The number of hydrogen-bond donors (Lipinski definition) is 1. The topological polar surface area (TPSA) is 81.9 Å². The zero-order valence-electron chi connectivity index (χ0n) is 16.6. The highest BCUT2D eigenvalue weighted by Crippen LogP contribution is 2.18. The first-order valence-corrected chi connectivity index (χ1v) is 10.3. The second-order valence-electron chi connectivity index (χ2n) is 6.77. The maximum atomic E-state index is 12.2. The molecule has 32 heavy (non-hydrogen) atoms. The molecule has 0 aliphatic rings. The third kappa shape index (κ3) is 5.57. The molecule has 2 heterocycles. The van der Waals surface area contributed by atoms with Crippen LogP contribution in [0.2, 0.25) is 10.0 Å². The summed E-state index contributed by atoms with van der Waals surface area (Å²) >= 11 is 11.7. The predicted molar refractivity (Wildman–Crippen MR) is 123 cm³/mol. The molecule has 0 aliphatic carbocycles. The Bertz CT molecular complexity index is 1310. The third-order valence-electron chi connectivity index (χ3n) is 4.38. The lowest BCUT2D eigenvalue weighted by Gasteiger charge is -2.10. The molecular weight excluding hydrogens is 453 g/mol. The van der Waals surface area contributed by atoms with Gasteiger partial charge in [0.1, 0.15) is 23.8 Å². The third-order valence-corrected chi connectivity index (χ3v) is 4.86. The van der Waals surface area contributed by atoms with Gasteiger partial charge in [-0.25, -0.2) is 4.98 Å².